The average molecular weight is 250 g/mol. The van der Waals surface area contributed by atoms with E-state index in [9.17, 15) is 10.2 Å². The van der Waals surface area contributed by atoms with Crippen molar-refractivity contribution in [3.05, 3.63) is 23.0 Å². The lowest BCUT2D eigenvalue weighted by atomic mass is 10.0. The summed E-state index contributed by atoms with van der Waals surface area (Å²) in [6, 6.07) is 0.518. The number of pyridine rings is 1. The van der Waals surface area contributed by atoms with Gasteiger partial charge >= 0.3 is 0 Å². The Morgan fingerprint density at radius 2 is 2.22 bits per heavy atom. The number of aliphatic hydroxyl groups excluding tert-OH is 1. The highest BCUT2D eigenvalue weighted by Gasteiger charge is 2.23. The number of aromatic nitrogens is 1. The summed E-state index contributed by atoms with van der Waals surface area (Å²) in [5.74, 6) is 0.896. The van der Waals surface area contributed by atoms with Crippen LogP contribution in [-0.2, 0) is 13.2 Å². The van der Waals surface area contributed by atoms with E-state index in [1.54, 1.807) is 13.1 Å². The first kappa shape index (κ1) is 13.3. The summed E-state index contributed by atoms with van der Waals surface area (Å²) in [6.07, 6.45) is 5.38. The molecule has 1 aliphatic rings. The first-order chi connectivity index (χ1) is 8.63. The molecule has 0 saturated heterocycles. The van der Waals surface area contributed by atoms with Crippen molar-refractivity contribution in [2.24, 2.45) is 5.92 Å². The maximum Gasteiger partial charge on any atom is 0.141 e. The van der Waals surface area contributed by atoms with Crippen LogP contribution in [0, 0.1) is 12.8 Å². The first-order valence-corrected chi connectivity index (χ1v) is 6.64. The minimum Gasteiger partial charge on any atom is -0.506 e. The fourth-order valence-corrected chi connectivity index (χ4v) is 2.70. The Hall–Kier alpha value is -1.13. The minimum absolute atomic E-state index is 0.0852. The second-order valence-electron chi connectivity index (χ2n) is 5.25. The number of hydrogen-bond acceptors (Lipinski definition) is 4. The van der Waals surface area contributed by atoms with Gasteiger partial charge in [0, 0.05) is 29.9 Å². The summed E-state index contributed by atoms with van der Waals surface area (Å²) in [5, 5.41) is 22.8. The van der Waals surface area contributed by atoms with Gasteiger partial charge in [0.1, 0.15) is 5.75 Å². The summed E-state index contributed by atoms with van der Waals surface area (Å²) in [7, 11) is 0. The molecule has 3 N–H and O–H groups in total. The maximum atomic E-state index is 10.0. The van der Waals surface area contributed by atoms with Gasteiger partial charge in [0.25, 0.3) is 0 Å². The van der Waals surface area contributed by atoms with Gasteiger partial charge in [-0.3, -0.25) is 4.98 Å². The average Bonchev–Trinajstić information content (AvgIpc) is 2.77. The van der Waals surface area contributed by atoms with Crippen LogP contribution in [0.4, 0.5) is 0 Å². The standard InChI is InChI=1S/C14H22N2O2/c1-9-4-3-5-13(9)16-7-12-11(8-17)6-15-10(2)14(12)18/h6,9,13,16-18H,3-5,7-8H2,1-2H3. The molecular weight excluding hydrogens is 228 g/mol. The summed E-state index contributed by atoms with van der Waals surface area (Å²) in [4.78, 5) is 4.07. The van der Waals surface area contributed by atoms with Crippen molar-refractivity contribution < 1.29 is 10.2 Å². The van der Waals surface area contributed by atoms with Gasteiger partial charge < -0.3 is 15.5 Å². The highest BCUT2D eigenvalue weighted by atomic mass is 16.3. The quantitative estimate of drug-likeness (QED) is 0.763. The van der Waals surface area contributed by atoms with Gasteiger partial charge in [-0.05, 0) is 25.7 Å². The Kier molecular flexibility index (Phi) is 4.19. The topological polar surface area (TPSA) is 65.4 Å². The Balaban J connectivity index is 2.10. The molecule has 2 rings (SSSR count). The van der Waals surface area contributed by atoms with Crippen LogP contribution in [-0.4, -0.2) is 21.2 Å². The van der Waals surface area contributed by atoms with E-state index in [0.29, 0.717) is 29.8 Å². The van der Waals surface area contributed by atoms with Crippen molar-refractivity contribution in [2.75, 3.05) is 0 Å². The molecule has 0 spiro atoms. The lowest BCUT2D eigenvalue weighted by Crippen LogP contribution is -2.31. The van der Waals surface area contributed by atoms with Gasteiger partial charge in [0.2, 0.25) is 0 Å². The molecule has 1 saturated carbocycles. The van der Waals surface area contributed by atoms with Crippen LogP contribution in [0.1, 0.15) is 43.0 Å². The van der Waals surface area contributed by atoms with Crippen molar-refractivity contribution in [1.29, 1.82) is 0 Å². The van der Waals surface area contributed by atoms with Crippen LogP contribution in [0.25, 0.3) is 0 Å². The monoisotopic (exact) mass is 250 g/mol. The number of aryl methyl sites for hydroxylation is 1. The lowest BCUT2D eigenvalue weighted by Gasteiger charge is -2.19. The zero-order valence-electron chi connectivity index (χ0n) is 11.1. The molecule has 100 valence electrons. The molecule has 1 aliphatic carbocycles. The van der Waals surface area contributed by atoms with E-state index in [1.165, 1.54) is 19.3 Å². The largest absolute Gasteiger partial charge is 0.506 e. The van der Waals surface area contributed by atoms with Crippen LogP contribution in [0.2, 0.25) is 0 Å². The Labute approximate surface area is 108 Å². The van der Waals surface area contributed by atoms with E-state index in [1.807, 2.05) is 0 Å². The fraction of sp³-hybridized carbons (Fsp3) is 0.643. The molecule has 1 fully saturated rings. The molecule has 1 heterocycles. The van der Waals surface area contributed by atoms with Gasteiger partial charge in [-0.25, -0.2) is 0 Å². The van der Waals surface area contributed by atoms with Crippen LogP contribution in [0.3, 0.4) is 0 Å². The van der Waals surface area contributed by atoms with Crippen molar-refractivity contribution in [3.63, 3.8) is 0 Å². The fourth-order valence-electron chi connectivity index (χ4n) is 2.70. The normalized spacial score (nSPS) is 23.5. The second-order valence-corrected chi connectivity index (χ2v) is 5.25. The predicted octanol–water partition coefficient (Wildman–Crippen LogP) is 1.87. The molecule has 18 heavy (non-hydrogen) atoms. The summed E-state index contributed by atoms with van der Waals surface area (Å²) < 4.78 is 0. The van der Waals surface area contributed by atoms with Gasteiger partial charge in [0.05, 0.1) is 12.3 Å². The number of rotatable bonds is 4. The lowest BCUT2D eigenvalue weighted by molar-refractivity contribution is 0.278. The third kappa shape index (κ3) is 2.65. The highest BCUT2D eigenvalue weighted by molar-refractivity contribution is 5.40. The number of nitrogens with zero attached hydrogens (tertiary/aromatic N) is 1. The minimum atomic E-state index is -0.0852. The summed E-state index contributed by atoms with van der Waals surface area (Å²) in [5.41, 5.74) is 2.10. The van der Waals surface area contributed by atoms with E-state index >= 15 is 0 Å². The Morgan fingerprint density at radius 3 is 2.83 bits per heavy atom. The molecule has 0 aromatic carbocycles. The Bertz CT molecular complexity index is 421. The van der Waals surface area contributed by atoms with Gasteiger partial charge in [0.15, 0.2) is 0 Å². The highest BCUT2D eigenvalue weighted by Crippen LogP contribution is 2.27. The summed E-state index contributed by atoms with van der Waals surface area (Å²) in [6.45, 7) is 4.55. The zero-order valence-corrected chi connectivity index (χ0v) is 11.1. The van der Waals surface area contributed by atoms with E-state index in [-0.39, 0.29) is 12.4 Å². The van der Waals surface area contributed by atoms with Gasteiger partial charge in [-0.1, -0.05) is 13.3 Å². The molecule has 4 heteroatoms. The van der Waals surface area contributed by atoms with Crippen LogP contribution in [0.15, 0.2) is 6.20 Å². The van der Waals surface area contributed by atoms with E-state index in [4.69, 9.17) is 0 Å². The smallest absolute Gasteiger partial charge is 0.141 e. The molecule has 2 atom stereocenters. The molecule has 4 nitrogen and oxygen atoms in total. The van der Waals surface area contributed by atoms with Crippen molar-refractivity contribution >= 4 is 0 Å². The maximum absolute atomic E-state index is 10.0. The Morgan fingerprint density at radius 1 is 1.44 bits per heavy atom. The van der Waals surface area contributed by atoms with Crippen molar-refractivity contribution in [2.45, 2.75) is 52.3 Å². The van der Waals surface area contributed by atoms with Gasteiger partial charge in [-0.2, -0.15) is 0 Å². The molecule has 0 amide bonds. The third-order valence-corrected chi connectivity index (χ3v) is 4.00. The van der Waals surface area contributed by atoms with E-state index in [0.717, 1.165) is 5.56 Å². The summed E-state index contributed by atoms with van der Waals surface area (Å²) >= 11 is 0. The van der Waals surface area contributed by atoms with Crippen LogP contribution >= 0.6 is 0 Å². The molecule has 1 aromatic rings. The number of nitrogens with one attached hydrogen (secondary N) is 1. The number of aromatic hydroxyl groups is 1. The SMILES string of the molecule is Cc1ncc(CO)c(CNC2CCCC2C)c1O. The number of hydrogen-bond donors (Lipinski definition) is 3. The molecule has 2 unspecified atom stereocenters. The number of aliphatic hydroxyl groups is 1. The molecule has 1 aromatic heterocycles. The third-order valence-electron chi connectivity index (χ3n) is 4.00. The van der Waals surface area contributed by atoms with E-state index in [2.05, 4.69) is 17.2 Å². The first-order valence-electron chi connectivity index (χ1n) is 6.64. The van der Waals surface area contributed by atoms with Crippen molar-refractivity contribution in [3.8, 4) is 5.75 Å². The van der Waals surface area contributed by atoms with Crippen molar-refractivity contribution in [1.82, 2.24) is 10.3 Å². The zero-order chi connectivity index (χ0) is 13.1. The predicted molar refractivity (Wildman–Crippen MR) is 70.2 cm³/mol. The van der Waals surface area contributed by atoms with Gasteiger partial charge in [-0.15, -0.1) is 0 Å². The van der Waals surface area contributed by atoms with Crippen LogP contribution in [0.5, 0.6) is 5.75 Å². The van der Waals surface area contributed by atoms with Crippen LogP contribution < -0.4 is 5.32 Å². The molecular formula is C14H22N2O2. The molecule has 0 radical (unpaired) electrons. The second kappa shape index (κ2) is 5.67. The molecule has 0 bridgehead atoms. The van der Waals surface area contributed by atoms with E-state index < -0.39 is 0 Å². The molecule has 0 aliphatic heterocycles.